The van der Waals surface area contributed by atoms with Crippen molar-refractivity contribution in [3.63, 3.8) is 0 Å². The number of carbonyl (C=O) groups excluding carboxylic acids is 2. The summed E-state index contributed by atoms with van der Waals surface area (Å²) in [7, 11) is 0. The third-order valence-electron chi connectivity index (χ3n) is 2.66. The molecule has 0 aliphatic carbocycles. The van der Waals surface area contributed by atoms with Gasteiger partial charge >= 0.3 is 5.97 Å². The zero-order valence-electron chi connectivity index (χ0n) is 13.5. The Balaban J connectivity index is 0.000000648. The molecule has 0 fully saturated rings. The largest absolute Gasteiger partial charge is 0.481 e. The van der Waals surface area contributed by atoms with Crippen LogP contribution in [0.25, 0.3) is 0 Å². The van der Waals surface area contributed by atoms with E-state index in [0.29, 0.717) is 23.4 Å². The van der Waals surface area contributed by atoms with Crippen LogP contribution in [0.15, 0.2) is 54.6 Å². The molecule has 2 rings (SSSR count). The van der Waals surface area contributed by atoms with Crippen LogP contribution in [0, 0.1) is 0 Å². The molecule has 0 saturated heterocycles. The van der Waals surface area contributed by atoms with Gasteiger partial charge in [0, 0.05) is 25.1 Å². The number of carbonyl (C=O) groups is 3. The van der Waals surface area contributed by atoms with Gasteiger partial charge in [0.25, 0.3) is 5.97 Å². The molecule has 126 valence electrons. The van der Waals surface area contributed by atoms with E-state index in [1.165, 1.54) is 0 Å². The second kappa shape index (κ2) is 9.78. The van der Waals surface area contributed by atoms with E-state index in [0.717, 1.165) is 6.92 Å². The molecule has 0 bridgehead atoms. The Morgan fingerprint density at radius 1 is 1.04 bits per heavy atom. The number of hydrogen-bond acceptors (Lipinski definition) is 4. The topological polar surface area (TPSA) is 92.7 Å². The van der Waals surface area contributed by atoms with Crippen LogP contribution < -0.4 is 10.1 Å². The van der Waals surface area contributed by atoms with E-state index in [2.05, 4.69) is 5.32 Å². The van der Waals surface area contributed by atoms with Crippen LogP contribution in [0.1, 0.15) is 30.6 Å². The van der Waals surface area contributed by atoms with Crippen molar-refractivity contribution in [2.24, 2.45) is 0 Å². The monoisotopic (exact) mass is 329 g/mol. The quantitative estimate of drug-likeness (QED) is 0.663. The Kier molecular flexibility index (Phi) is 7.70. The van der Waals surface area contributed by atoms with Crippen LogP contribution in [0.5, 0.6) is 5.75 Å². The first-order valence-corrected chi connectivity index (χ1v) is 7.29. The Morgan fingerprint density at radius 2 is 1.67 bits per heavy atom. The summed E-state index contributed by atoms with van der Waals surface area (Å²) in [5.41, 5.74) is 1.09. The van der Waals surface area contributed by atoms with Gasteiger partial charge in [0.05, 0.1) is 5.56 Å². The highest BCUT2D eigenvalue weighted by Crippen LogP contribution is 2.18. The molecule has 0 atom stereocenters. The van der Waals surface area contributed by atoms with E-state index in [1.54, 1.807) is 55.5 Å². The molecule has 0 saturated carbocycles. The fraction of sp³-hybridized carbons (Fsp3) is 0.167. The smallest absolute Gasteiger partial charge is 0.343 e. The van der Waals surface area contributed by atoms with Gasteiger partial charge in [0.1, 0.15) is 5.75 Å². The second-order valence-electron chi connectivity index (χ2n) is 4.70. The standard InChI is InChI=1S/C16H15NO3.C2H4O2/c1-2-15(18)17-13-9-6-10-14(11-13)20-16(19)12-7-4-3-5-8-12;1-2(3)4/h3-11H,2H2,1H3,(H,17,18);1H3,(H,3,4). The molecule has 0 spiro atoms. The van der Waals surface area contributed by atoms with Crippen molar-refractivity contribution in [2.75, 3.05) is 5.32 Å². The normalized spacial score (nSPS) is 9.25. The number of ether oxygens (including phenoxy) is 1. The van der Waals surface area contributed by atoms with Crippen molar-refractivity contribution in [3.8, 4) is 5.75 Å². The van der Waals surface area contributed by atoms with Gasteiger partial charge in [-0.05, 0) is 24.3 Å². The minimum absolute atomic E-state index is 0.0865. The van der Waals surface area contributed by atoms with Crippen molar-refractivity contribution in [1.29, 1.82) is 0 Å². The lowest BCUT2D eigenvalue weighted by Crippen LogP contribution is -2.11. The number of nitrogens with one attached hydrogen (secondary N) is 1. The molecule has 0 aromatic heterocycles. The van der Waals surface area contributed by atoms with Crippen molar-refractivity contribution in [2.45, 2.75) is 20.3 Å². The van der Waals surface area contributed by atoms with Gasteiger partial charge in [0.2, 0.25) is 5.91 Å². The SMILES string of the molecule is CC(=O)O.CCC(=O)Nc1cccc(OC(=O)c2ccccc2)c1. The maximum absolute atomic E-state index is 11.9. The van der Waals surface area contributed by atoms with Crippen molar-refractivity contribution in [3.05, 3.63) is 60.2 Å². The maximum atomic E-state index is 11.9. The number of esters is 1. The van der Waals surface area contributed by atoms with Crippen molar-refractivity contribution >= 4 is 23.5 Å². The second-order valence-corrected chi connectivity index (χ2v) is 4.70. The van der Waals surface area contributed by atoms with Gasteiger partial charge < -0.3 is 15.2 Å². The number of carboxylic acid groups (broad SMARTS) is 1. The molecule has 2 N–H and O–H groups in total. The number of anilines is 1. The molecule has 0 aliphatic rings. The van der Waals surface area contributed by atoms with Crippen LogP contribution in [-0.2, 0) is 9.59 Å². The molecule has 1 amide bonds. The highest BCUT2D eigenvalue weighted by molar-refractivity contribution is 5.92. The first-order valence-electron chi connectivity index (χ1n) is 7.29. The van der Waals surface area contributed by atoms with Gasteiger partial charge in [-0.2, -0.15) is 0 Å². The molecular weight excluding hydrogens is 310 g/mol. The molecule has 0 aliphatic heterocycles. The lowest BCUT2D eigenvalue weighted by Gasteiger charge is -2.07. The first-order chi connectivity index (χ1) is 11.4. The van der Waals surface area contributed by atoms with Gasteiger partial charge in [-0.1, -0.05) is 31.2 Å². The van der Waals surface area contributed by atoms with Gasteiger partial charge in [0.15, 0.2) is 0 Å². The summed E-state index contributed by atoms with van der Waals surface area (Å²) >= 11 is 0. The Hall–Kier alpha value is -3.15. The number of hydrogen-bond donors (Lipinski definition) is 2. The predicted molar refractivity (Wildman–Crippen MR) is 90.1 cm³/mol. The van der Waals surface area contributed by atoms with Crippen LogP contribution in [-0.4, -0.2) is 23.0 Å². The van der Waals surface area contributed by atoms with Crippen LogP contribution in [0.4, 0.5) is 5.69 Å². The Morgan fingerprint density at radius 3 is 2.25 bits per heavy atom. The summed E-state index contributed by atoms with van der Waals surface area (Å²) in [6.07, 6.45) is 0.397. The van der Waals surface area contributed by atoms with Gasteiger partial charge in [-0.25, -0.2) is 4.79 Å². The molecule has 0 unspecified atom stereocenters. The molecule has 6 nitrogen and oxygen atoms in total. The average molecular weight is 329 g/mol. The summed E-state index contributed by atoms with van der Waals surface area (Å²) in [5, 5.41) is 10.1. The van der Waals surface area contributed by atoms with E-state index in [-0.39, 0.29) is 5.91 Å². The van der Waals surface area contributed by atoms with Crippen LogP contribution >= 0.6 is 0 Å². The zero-order valence-corrected chi connectivity index (χ0v) is 13.5. The van der Waals surface area contributed by atoms with E-state index in [1.807, 2.05) is 6.07 Å². The molecule has 24 heavy (non-hydrogen) atoms. The Bertz CT molecular complexity index is 694. The first kappa shape index (κ1) is 18.9. The molecule has 6 heteroatoms. The summed E-state index contributed by atoms with van der Waals surface area (Å²) in [5.74, 6) is -0.950. The van der Waals surface area contributed by atoms with E-state index in [4.69, 9.17) is 14.6 Å². The highest BCUT2D eigenvalue weighted by Gasteiger charge is 2.08. The zero-order chi connectivity index (χ0) is 17.9. The number of rotatable bonds is 4. The number of carboxylic acids is 1. The maximum Gasteiger partial charge on any atom is 0.343 e. The molecule has 0 heterocycles. The molecule has 0 radical (unpaired) electrons. The average Bonchev–Trinajstić information content (AvgIpc) is 2.55. The molecular formula is C18H19NO5. The van der Waals surface area contributed by atoms with Gasteiger partial charge in [-0.3, -0.25) is 9.59 Å². The van der Waals surface area contributed by atoms with Crippen molar-refractivity contribution in [1.82, 2.24) is 0 Å². The minimum Gasteiger partial charge on any atom is -0.481 e. The fourth-order valence-corrected chi connectivity index (χ4v) is 1.63. The summed E-state index contributed by atoms with van der Waals surface area (Å²) < 4.78 is 5.27. The number of benzene rings is 2. The molecule has 2 aromatic rings. The number of amides is 1. The van der Waals surface area contributed by atoms with Gasteiger partial charge in [-0.15, -0.1) is 0 Å². The Labute approximate surface area is 140 Å². The van der Waals surface area contributed by atoms with E-state index >= 15 is 0 Å². The lowest BCUT2D eigenvalue weighted by molar-refractivity contribution is -0.134. The number of aliphatic carboxylic acids is 1. The summed E-state index contributed by atoms with van der Waals surface area (Å²) in [6.45, 7) is 2.86. The van der Waals surface area contributed by atoms with Crippen LogP contribution in [0.3, 0.4) is 0 Å². The van der Waals surface area contributed by atoms with Crippen molar-refractivity contribution < 1.29 is 24.2 Å². The lowest BCUT2D eigenvalue weighted by atomic mass is 10.2. The van der Waals surface area contributed by atoms with E-state index in [9.17, 15) is 9.59 Å². The molecule has 2 aromatic carbocycles. The summed E-state index contributed by atoms with van der Waals surface area (Å²) in [6, 6.07) is 15.5. The third kappa shape index (κ3) is 7.22. The van der Waals surface area contributed by atoms with Crippen LogP contribution in [0.2, 0.25) is 0 Å². The fourth-order valence-electron chi connectivity index (χ4n) is 1.63. The summed E-state index contributed by atoms with van der Waals surface area (Å²) in [4.78, 5) is 32.2. The highest BCUT2D eigenvalue weighted by atomic mass is 16.5. The minimum atomic E-state index is -0.833. The van der Waals surface area contributed by atoms with E-state index < -0.39 is 11.9 Å². The predicted octanol–water partition coefficient (Wildman–Crippen LogP) is 3.35. The third-order valence-corrected chi connectivity index (χ3v) is 2.66.